The Morgan fingerprint density at radius 2 is 1.90 bits per heavy atom. The van der Waals surface area contributed by atoms with Crippen molar-refractivity contribution < 1.29 is 8.42 Å². The molecule has 0 amide bonds. The van der Waals surface area contributed by atoms with Gasteiger partial charge in [-0.25, -0.2) is 12.7 Å². The molecule has 1 aromatic rings. The molecule has 0 aliphatic carbocycles. The smallest absolute Gasteiger partial charge is 0.242 e. The van der Waals surface area contributed by atoms with E-state index < -0.39 is 10.0 Å². The highest BCUT2D eigenvalue weighted by Gasteiger charge is 2.18. The molecule has 0 saturated carbocycles. The first-order valence-electron chi connectivity index (χ1n) is 6.47. The molecule has 0 unspecified atom stereocenters. The van der Waals surface area contributed by atoms with Crippen LogP contribution < -0.4 is 10.6 Å². The number of benzene rings is 1. The van der Waals surface area contributed by atoms with Crippen molar-refractivity contribution in [3.05, 3.63) is 30.4 Å². The van der Waals surface area contributed by atoms with Crippen LogP contribution in [0.4, 0.5) is 11.4 Å². The molecular weight excluding hydrogens is 274 g/mol. The second-order valence-corrected chi connectivity index (χ2v) is 6.99. The van der Waals surface area contributed by atoms with Gasteiger partial charge in [-0.3, -0.25) is 0 Å². The van der Waals surface area contributed by atoms with Gasteiger partial charge >= 0.3 is 0 Å². The third-order valence-electron chi connectivity index (χ3n) is 2.72. The van der Waals surface area contributed by atoms with Crippen molar-refractivity contribution in [3.8, 4) is 0 Å². The number of hydrogen-bond donors (Lipinski definition) is 2. The summed E-state index contributed by atoms with van der Waals surface area (Å²) in [5, 5.41) is 6.41. The van der Waals surface area contributed by atoms with Crippen molar-refractivity contribution in [2.24, 2.45) is 0 Å². The molecule has 0 fully saturated rings. The lowest BCUT2D eigenvalue weighted by Gasteiger charge is -2.17. The fraction of sp³-hybridized carbons (Fsp3) is 0.429. The zero-order valence-electron chi connectivity index (χ0n) is 12.5. The van der Waals surface area contributed by atoms with Crippen LogP contribution in [-0.4, -0.2) is 39.9 Å². The molecular formula is C14H23N3O2S. The summed E-state index contributed by atoms with van der Waals surface area (Å²) in [7, 11) is -0.382. The monoisotopic (exact) mass is 297 g/mol. The highest BCUT2D eigenvalue weighted by atomic mass is 32.2. The number of anilines is 2. The Kier molecular flexibility index (Phi) is 5.59. The summed E-state index contributed by atoms with van der Waals surface area (Å²) in [6.45, 7) is 9.11. The van der Waals surface area contributed by atoms with Crippen molar-refractivity contribution in [3.63, 3.8) is 0 Å². The molecule has 6 heteroatoms. The van der Waals surface area contributed by atoms with Crippen LogP contribution >= 0.6 is 0 Å². The number of sulfonamides is 1. The van der Waals surface area contributed by atoms with Gasteiger partial charge in [0.05, 0.1) is 16.3 Å². The lowest BCUT2D eigenvalue weighted by atomic mass is 10.2. The maximum absolute atomic E-state index is 12.2. The molecule has 1 rings (SSSR count). The SMILES string of the molecule is C=C(C)CNc1cc(S(=O)(=O)N(C)C)ccc1NCC. The van der Waals surface area contributed by atoms with Crippen LogP contribution in [0.5, 0.6) is 0 Å². The first-order chi connectivity index (χ1) is 9.28. The van der Waals surface area contributed by atoms with Gasteiger partial charge in [-0.05, 0) is 32.0 Å². The summed E-state index contributed by atoms with van der Waals surface area (Å²) in [4.78, 5) is 0.272. The molecule has 112 valence electrons. The molecule has 0 aromatic heterocycles. The van der Waals surface area contributed by atoms with Gasteiger partial charge in [0.1, 0.15) is 0 Å². The summed E-state index contributed by atoms with van der Waals surface area (Å²) in [6, 6.07) is 5.04. The third-order valence-corrected chi connectivity index (χ3v) is 4.53. The molecule has 0 atom stereocenters. The molecule has 1 aromatic carbocycles. The Bertz CT molecular complexity index is 580. The van der Waals surface area contributed by atoms with Crippen molar-refractivity contribution in [2.75, 3.05) is 37.8 Å². The van der Waals surface area contributed by atoms with Gasteiger partial charge in [-0.15, -0.1) is 0 Å². The predicted molar refractivity (Wildman–Crippen MR) is 84.8 cm³/mol. The van der Waals surface area contributed by atoms with Gasteiger partial charge in [0.2, 0.25) is 10.0 Å². The first-order valence-corrected chi connectivity index (χ1v) is 7.91. The van der Waals surface area contributed by atoms with Crippen LogP contribution in [0.1, 0.15) is 13.8 Å². The normalized spacial score (nSPS) is 11.4. The van der Waals surface area contributed by atoms with Crippen molar-refractivity contribution in [1.82, 2.24) is 4.31 Å². The van der Waals surface area contributed by atoms with E-state index in [1.807, 2.05) is 13.8 Å². The van der Waals surface area contributed by atoms with E-state index >= 15 is 0 Å². The maximum atomic E-state index is 12.2. The Morgan fingerprint density at radius 1 is 1.25 bits per heavy atom. The second-order valence-electron chi connectivity index (χ2n) is 4.84. The predicted octanol–water partition coefficient (Wildman–Crippen LogP) is 2.36. The lowest BCUT2D eigenvalue weighted by molar-refractivity contribution is 0.521. The zero-order chi connectivity index (χ0) is 15.3. The van der Waals surface area contributed by atoms with Crippen LogP contribution in [0.2, 0.25) is 0 Å². The number of nitrogens with zero attached hydrogens (tertiary/aromatic N) is 1. The summed E-state index contributed by atoms with van der Waals surface area (Å²) in [6.07, 6.45) is 0. The fourth-order valence-corrected chi connectivity index (χ4v) is 2.56. The van der Waals surface area contributed by atoms with E-state index in [1.54, 1.807) is 18.2 Å². The minimum Gasteiger partial charge on any atom is -0.384 e. The molecule has 0 aliphatic rings. The Hall–Kier alpha value is -1.53. The number of hydrogen-bond acceptors (Lipinski definition) is 4. The Balaban J connectivity index is 3.19. The van der Waals surface area contributed by atoms with Crippen LogP contribution in [0.15, 0.2) is 35.2 Å². The van der Waals surface area contributed by atoms with Crippen LogP contribution in [0, 0.1) is 0 Å². The van der Waals surface area contributed by atoms with E-state index in [-0.39, 0.29) is 4.90 Å². The molecule has 2 N–H and O–H groups in total. The van der Waals surface area contributed by atoms with Gasteiger partial charge in [-0.2, -0.15) is 0 Å². The number of rotatable bonds is 7. The van der Waals surface area contributed by atoms with E-state index in [2.05, 4.69) is 17.2 Å². The average molecular weight is 297 g/mol. The highest BCUT2D eigenvalue weighted by Crippen LogP contribution is 2.26. The third kappa shape index (κ3) is 3.98. The second kappa shape index (κ2) is 6.76. The van der Waals surface area contributed by atoms with Crippen molar-refractivity contribution >= 4 is 21.4 Å². The zero-order valence-corrected chi connectivity index (χ0v) is 13.3. The molecule has 5 nitrogen and oxygen atoms in total. The topological polar surface area (TPSA) is 61.4 Å². The van der Waals surface area contributed by atoms with Crippen molar-refractivity contribution in [2.45, 2.75) is 18.7 Å². The van der Waals surface area contributed by atoms with Gasteiger partial charge in [0, 0.05) is 27.2 Å². The van der Waals surface area contributed by atoms with Gasteiger partial charge in [-0.1, -0.05) is 12.2 Å². The largest absolute Gasteiger partial charge is 0.384 e. The van der Waals surface area contributed by atoms with Crippen LogP contribution in [-0.2, 0) is 10.0 Å². The highest BCUT2D eigenvalue weighted by molar-refractivity contribution is 7.89. The fourth-order valence-electron chi connectivity index (χ4n) is 1.63. The molecule has 0 bridgehead atoms. The summed E-state index contributed by atoms with van der Waals surface area (Å²) in [5.74, 6) is 0. The first kappa shape index (κ1) is 16.5. The molecule has 20 heavy (non-hydrogen) atoms. The van der Waals surface area contributed by atoms with Gasteiger partial charge < -0.3 is 10.6 Å². The quantitative estimate of drug-likeness (QED) is 0.759. The van der Waals surface area contributed by atoms with E-state index in [1.165, 1.54) is 18.4 Å². The molecule has 0 radical (unpaired) electrons. The molecule has 0 aliphatic heterocycles. The molecule has 0 spiro atoms. The Morgan fingerprint density at radius 3 is 2.40 bits per heavy atom. The summed E-state index contributed by atoms with van der Waals surface area (Å²) >= 11 is 0. The van der Waals surface area contributed by atoms with Crippen molar-refractivity contribution in [1.29, 1.82) is 0 Å². The van der Waals surface area contributed by atoms with E-state index in [0.29, 0.717) is 6.54 Å². The molecule has 0 saturated heterocycles. The average Bonchev–Trinajstić information content (AvgIpc) is 2.37. The van der Waals surface area contributed by atoms with E-state index in [0.717, 1.165) is 23.5 Å². The van der Waals surface area contributed by atoms with E-state index in [9.17, 15) is 8.42 Å². The lowest BCUT2D eigenvalue weighted by Crippen LogP contribution is -2.22. The summed E-state index contributed by atoms with van der Waals surface area (Å²) in [5.41, 5.74) is 2.62. The number of nitrogens with one attached hydrogen (secondary N) is 2. The van der Waals surface area contributed by atoms with Crippen LogP contribution in [0.3, 0.4) is 0 Å². The molecule has 0 heterocycles. The summed E-state index contributed by atoms with van der Waals surface area (Å²) < 4.78 is 25.5. The van der Waals surface area contributed by atoms with Gasteiger partial charge in [0.25, 0.3) is 0 Å². The standard InChI is InChI=1S/C14H23N3O2S/c1-6-15-13-8-7-12(20(18,19)17(4)5)9-14(13)16-10-11(2)3/h7-9,15-16H,2,6,10H2,1,3-5H3. The Labute approximate surface area is 121 Å². The minimum absolute atomic E-state index is 0.272. The minimum atomic E-state index is -3.43. The van der Waals surface area contributed by atoms with E-state index in [4.69, 9.17) is 0 Å². The van der Waals surface area contributed by atoms with Gasteiger partial charge in [0.15, 0.2) is 0 Å². The maximum Gasteiger partial charge on any atom is 0.242 e. The van der Waals surface area contributed by atoms with Crippen LogP contribution in [0.25, 0.3) is 0 Å².